The van der Waals surface area contributed by atoms with Crippen LogP contribution in [0.5, 0.6) is 5.75 Å². The Labute approximate surface area is 85.9 Å². The number of halogens is 2. The molecule has 1 fully saturated rings. The summed E-state index contributed by atoms with van der Waals surface area (Å²) in [5, 5.41) is 0. The predicted octanol–water partition coefficient (Wildman–Crippen LogP) is 2.53. The van der Waals surface area contributed by atoms with Crippen LogP contribution in [-0.2, 0) is 0 Å². The zero-order valence-corrected chi connectivity index (χ0v) is 7.95. The fraction of sp³-hybridized carbons (Fsp3) is 0.364. The molecule has 1 atom stereocenters. The first-order chi connectivity index (χ1) is 7.12. The number of carbonyl (C=O) groups excluding carboxylic acids is 1. The lowest BCUT2D eigenvalue weighted by Crippen LogP contribution is -2.05. The number of hydrogen-bond donors (Lipinski definition) is 0. The highest BCUT2D eigenvalue weighted by molar-refractivity contribution is 5.74. The number of aldehydes is 1. The summed E-state index contributed by atoms with van der Waals surface area (Å²) in [6.45, 7) is 0.0352. The van der Waals surface area contributed by atoms with Gasteiger partial charge in [0.1, 0.15) is 12.0 Å². The molecule has 1 aromatic carbocycles. The molecule has 4 heteroatoms. The number of ether oxygens (including phenoxy) is 1. The van der Waals surface area contributed by atoms with Crippen LogP contribution in [0.1, 0.15) is 16.8 Å². The first-order valence-corrected chi connectivity index (χ1v) is 4.68. The molecule has 15 heavy (non-hydrogen) atoms. The molecule has 0 bridgehead atoms. The molecule has 0 aromatic heterocycles. The second kappa shape index (κ2) is 3.61. The Morgan fingerprint density at radius 1 is 1.40 bits per heavy atom. The molecular formula is C11H10F2O2. The molecule has 0 unspecified atom stereocenters. The largest absolute Gasteiger partial charge is 0.493 e. The van der Waals surface area contributed by atoms with E-state index in [9.17, 15) is 13.6 Å². The van der Waals surface area contributed by atoms with Crippen LogP contribution in [0.2, 0.25) is 0 Å². The highest BCUT2D eigenvalue weighted by Crippen LogP contribution is 2.48. The van der Waals surface area contributed by atoms with Crippen LogP contribution in [-0.4, -0.2) is 18.8 Å². The molecule has 2 nitrogen and oxygen atoms in total. The summed E-state index contributed by atoms with van der Waals surface area (Å²) >= 11 is 0. The van der Waals surface area contributed by atoms with Crippen molar-refractivity contribution in [1.29, 1.82) is 0 Å². The van der Waals surface area contributed by atoms with Gasteiger partial charge in [-0.05, 0) is 24.3 Å². The van der Waals surface area contributed by atoms with Gasteiger partial charge in [-0.25, -0.2) is 8.78 Å². The fourth-order valence-corrected chi connectivity index (χ4v) is 1.29. The minimum atomic E-state index is -2.54. The molecule has 1 aromatic rings. The van der Waals surface area contributed by atoms with Crippen molar-refractivity contribution in [3.63, 3.8) is 0 Å². The smallest absolute Gasteiger partial charge is 0.255 e. The third-order valence-electron chi connectivity index (χ3n) is 2.42. The van der Waals surface area contributed by atoms with Gasteiger partial charge in [-0.3, -0.25) is 4.79 Å². The van der Waals surface area contributed by atoms with Crippen LogP contribution in [0.25, 0.3) is 0 Å². The van der Waals surface area contributed by atoms with Crippen molar-refractivity contribution in [2.75, 3.05) is 6.61 Å². The Bertz CT molecular complexity index is 359. The summed E-state index contributed by atoms with van der Waals surface area (Å²) in [6, 6.07) is 6.38. The molecule has 0 saturated heterocycles. The Morgan fingerprint density at radius 2 is 2.00 bits per heavy atom. The van der Waals surface area contributed by atoms with Gasteiger partial charge in [-0.2, -0.15) is 0 Å². The first-order valence-electron chi connectivity index (χ1n) is 4.68. The minimum absolute atomic E-state index is 0.0352. The molecule has 1 aliphatic rings. The predicted molar refractivity (Wildman–Crippen MR) is 50.4 cm³/mol. The third kappa shape index (κ3) is 2.32. The number of benzene rings is 1. The van der Waals surface area contributed by atoms with E-state index in [2.05, 4.69) is 0 Å². The highest BCUT2D eigenvalue weighted by atomic mass is 19.3. The average Bonchev–Trinajstić information content (AvgIpc) is 2.84. The van der Waals surface area contributed by atoms with E-state index in [1.807, 2.05) is 0 Å². The normalized spacial score (nSPS) is 22.1. The first kappa shape index (κ1) is 10.1. The van der Waals surface area contributed by atoms with Gasteiger partial charge in [0.25, 0.3) is 5.92 Å². The molecule has 0 amide bonds. The molecule has 0 N–H and O–H groups in total. The van der Waals surface area contributed by atoms with E-state index in [0.29, 0.717) is 11.3 Å². The van der Waals surface area contributed by atoms with E-state index in [-0.39, 0.29) is 13.0 Å². The van der Waals surface area contributed by atoms with Gasteiger partial charge < -0.3 is 4.74 Å². The second-order valence-corrected chi connectivity index (χ2v) is 3.66. The van der Waals surface area contributed by atoms with Crippen molar-refractivity contribution >= 4 is 6.29 Å². The van der Waals surface area contributed by atoms with Crippen LogP contribution in [0.15, 0.2) is 24.3 Å². The molecule has 80 valence electrons. The van der Waals surface area contributed by atoms with Crippen LogP contribution >= 0.6 is 0 Å². The topological polar surface area (TPSA) is 26.3 Å². The van der Waals surface area contributed by atoms with E-state index in [1.54, 1.807) is 24.3 Å². The number of hydrogen-bond acceptors (Lipinski definition) is 2. The summed E-state index contributed by atoms with van der Waals surface area (Å²) in [4.78, 5) is 10.3. The van der Waals surface area contributed by atoms with E-state index >= 15 is 0 Å². The Kier molecular flexibility index (Phi) is 2.42. The molecule has 1 saturated carbocycles. The van der Waals surface area contributed by atoms with E-state index in [0.717, 1.165) is 6.29 Å². The summed E-state index contributed by atoms with van der Waals surface area (Å²) in [5.41, 5.74) is 0.541. The van der Waals surface area contributed by atoms with Gasteiger partial charge >= 0.3 is 0 Å². The maximum Gasteiger partial charge on any atom is 0.255 e. The number of rotatable bonds is 4. The van der Waals surface area contributed by atoms with Crippen molar-refractivity contribution in [3.05, 3.63) is 29.8 Å². The molecule has 1 aliphatic carbocycles. The third-order valence-corrected chi connectivity index (χ3v) is 2.42. The average molecular weight is 212 g/mol. The van der Waals surface area contributed by atoms with Crippen LogP contribution in [0.4, 0.5) is 8.78 Å². The molecule has 0 heterocycles. The monoisotopic (exact) mass is 212 g/mol. The summed E-state index contributed by atoms with van der Waals surface area (Å²) in [6.07, 6.45) is 0.637. The lowest BCUT2D eigenvalue weighted by Gasteiger charge is -2.04. The zero-order chi connectivity index (χ0) is 10.9. The van der Waals surface area contributed by atoms with Gasteiger partial charge in [0.15, 0.2) is 0 Å². The van der Waals surface area contributed by atoms with Gasteiger partial charge in [0.2, 0.25) is 0 Å². The van der Waals surface area contributed by atoms with Crippen molar-refractivity contribution in [2.24, 2.45) is 5.92 Å². The molecule has 0 radical (unpaired) electrons. The molecule has 0 spiro atoms. The number of carbonyl (C=O) groups is 1. The van der Waals surface area contributed by atoms with Gasteiger partial charge in [0.05, 0.1) is 12.5 Å². The van der Waals surface area contributed by atoms with E-state index < -0.39 is 11.8 Å². The quantitative estimate of drug-likeness (QED) is 0.717. The van der Waals surface area contributed by atoms with Crippen molar-refractivity contribution in [2.45, 2.75) is 12.3 Å². The maximum atomic E-state index is 12.5. The standard InChI is InChI=1S/C11H10F2O2/c12-11(13)5-9(11)7-15-10-3-1-8(6-14)2-4-10/h1-4,6,9H,5,7H2/t9-/m1/s1. The van der Waals surface area contributed by atoms with Crippen molar-refractivity contribution in [1.82, 2.24) is 0 Å². The van der Waals surface area contributed by atoms with Crippen molar-refractivity contribution < 1.29 is 18.3 Å². The molecule has 2 rings (SSSR count). The van der Waals surface area contributed by atoms with Gasteiger partial charge in [-0.15, -0.1) is 0 Å². The van der Waals surface area contributed by atoms with E-state index in [1.165, 1.54) is 0 Å². The van der Waals surface area contributed by atoms with E-state index in [4.69, 9.17) is 4.74 Å². The van der Waals surface area contributed by atoms with Crippen LogP contribution in [0.3, 0.4) is 0 Å². The minimum Gasteiger partial charge on any atom is -0.493 e. The zero-order valence-electron chi connectivity index (χ0n) is 7.95. The molecular weight excluding hydrogens is 202 g/mol. The Morgan fingerprint density at radius 3 is 2.47 bits per heavy atom. The van der Waals surface area contributed by atoms with Gasteiger partial charge in [0, 0.05) is 12.0 Å². The molecule has 0 aliphatic heterocycles. The lowest BCUT2D eigenvalue weighted by molar-refractivity contribution is 0.0856. The van der Waals surface area contributed by atoms with Crippen LogP contribution < -0.4 is 4.74 Å². The highest BCUT2D eigenvalue weighted by Gasteiger charge is 2.57. The summed E-state index contributed by atoms with van der Waals surface area (Å²) in [5.74, 6) is -2.67. The number of alkyl halides is 2. The summed E-state index contributed by atoms with van der Waals surface area (Å²) < 4.78 is 30.2. The maximum absolute atomic E-state index is 12.5. The lowest BCUT2D eigenvalue weighted by atomic mass is 10.2. The Hall–Kier alpha value is -1.45. The van der Waals surface area contributed by atoms with Crippen molar-refractivity contribution in [3.8, 4) is 5.75 Å². The Balaban J connectivity index is 1.86. The van der Waals surface area contributed by atoms with Crippen LogP contribution in [0, 0.1) is 5.92 Å². The fourth-order valence-electron chi connectivity index (χ4n) is 1.29. The SMILES string of the molecule is O=Cc1ccc(OC[C@H]2CC2(F)F)cc1. The van der Waals surface area contributed by atoms with Gasteiger partial charge in [-0.1, -0.05) is 0 Å². The summed E-state index contributed by atoms with van der Waals surface area (Å²) in [7, 11) is 0. The second-order valence-electron chi connectivity index (χ2n) is 3.66.